The van der Waals surface area contributed by atoms with Crippen molar-refractivity contribution < 1.29 is 0 Å². The Kier molecular flexibility index (Phi) is 6.11. The van der Waals surface area contributed by atoms with E-state index in [4.69, 9.17) is 9.98 Å². The second-order valence-electron chi connectivity index (χ2n) is 8.44. The molecule has 1 saturated carbocycles. The van der Waals surface area contributed by atoms with Crippen LogP contribution in [0.15, 0.2) is 53.3 Å². The number of fused-ring (bicyclic) bond motifs is 2. The van der Waals surface area contributed by atoms with E-state index in [1.54, 1.807) is 6.20 Å². The lowest BCUT2D eigenvalue weighted by molar-refractivity contribution is 0.209. The zero-order valence-corrected chi connectivity index (χ0v) is 18.0. The number of nitrogens with zero attached hydrogens (tertiary/aromatic N) is 4. The van der Waals surface area contributed by atoms with Gasteiger partial charge in [-0.1, -0.05) is 18.2 Å². The molecule has 1 fully saturated rings. The Balaban J connectivity index is 1.28. The van der Waals surface area contributed by atoms with Crippen molar-refractivity contribution in [1.82, 2.24) is 24.8 Å². The molecule has 3 aromatic rings. The highest BCUT2D eigenvalue weighted by Gasteiger charge is 2.30. The van der Waals surface area contributed by atoms with Crippen molar-refractivity contribution in [3.63, 3.8) is 0 Å². The molecular weight excluding hydrogens is 386 g/mol. The summed E-state index contributed by atoms with van der Waals surface area (Å²) in [5, 5.41) is 3.35. The largest absolute Gasteiger partial charge is 0.356 e. The van der Waals surface area contributed by atoms with Gasteiger partial charge in [0.2, 0.25) is 0 Å². The molecule has 7 nitrogen and oxygen atoms in total. The summed E-state index contributed by atoms with van der Waals surface area (Å²) in [6.07, 6.45) is 13.0. The first-order valence-corrected chi connectivity index (χ1v) is 11.5. The van der Waals surface area contributed by atoms with Crippen molar-refractivity contribution >= 4 is 22.7 Å². The van der Waals surface area contributed by atoms with Gasteiger partial charge in [-0.3, -0.25) is 9.89 Å². The number of benzene rings is 1. The van der Waals surface area contributed by atoms with E-state index < -0.39 is 0 Å². The van der Waals surface area contributed by atoms with Gasteiger partial charge >= 0.3 is 0 Å². The molecule has 7 heteroatoms. The number of hydrogen-bond donors (Lipinski definition) is 3. The van der Waals surface area contributed by atoms with E-state index in [2.05, 4.69) is 49.4 Å². The topological polar surface area (TPSA) is 85.0 Å². The highest BCUT2D eigenvalue weighted by Crippen LogP contribution is 2.29. The molecule has 2 aromatic heterocycles. The minimum Gasteiger partial charge on any atom is -0.356 e. The molecule has 162 valence electrons. The fourth-order valence-electron chi connectivity index (χ4n) is 4.78. The maximum Gasteiger partial charge on any atom is 0.200 e. The van der Waals surface area contributed by atoms with Crippen LogP contribution in [0.5, 0.6) is 0 Å². The van der Waals surface area contributed by atoms with E-state index in [1.165, 1.54) is 30.5 Å². The second kappa shape index (κ2) is 9.47. The monoisotopic (exact) mass is 417 g/mol. The molecule has 0 amide bonds. The Labute approximate surface area is 183 Å². The van der Waals surface area contributed by atoms with Gasteiger partial charge in [-0.05, 0) is 62.8 Å². The number of aromatic nitrogens is 4. The van der Waals surface area contributed by atoms with Crippen molar-refractivity contribution in [1.29, 1.82) is 0 Å². The summed E-state index contributed by atoms with van der Waals surface area (Å²) in [5.41, 5.74) is 4.97. The molecule has 0 spiro atoms. The number of unbranched alkanes of at least 4 members (excludes halogenated alkanes) is 1. The zero-order valence-electron chi connectivity index (χ0n) is 18.0. The summed E-state index contributed by atoms with van der Waals surface area (Å²) in [6, 6.07) is 8.68. The number of imidazole rings is 2. The molecule has 5 rings (SSSR count). The van der Waals surface area contributed by atoms with Crippen molar-refractivity contribution in [3.05, 3.63) is 54.1 Å². The number of aromatic amines is 2. The molecule has 1 aliphatic carbocycles. The number of para-hydroxylation sites is 2. The molecule has 1 aliphatic heterocycles. The number of H-pyrrole nitrogens is 2. The summed E-state index contributed by atoms with van der Waals surface area (Å²) < 4.78 is 0. The number of hydrogen-bond acceptors (Lipinski definition) is 5. The van der Waals surface area contributed by atoms with Crippen LogP contribution in [-0.4, -0.2) is 56.2 Å². The van der Waals surface area contributed by atoms with E-state index in [0.717, 1.165) is 68.2 Å². The first-order chi connectivity index (χ1) is 15.4. The van der Waals surface area contributed by atoms with Crippen LogP contribution < -0.4 is 5.32 Å². The lowest BCUT2D eigenvalue weighted by atomic mass is 9.85. The molecule has 1 aromatic carbocycles. The number of nitrogens with one attached hydrogen (secondary N) is 3. The predicted molar refractivity (Wildman–Crippen MR) is 125 cm³/mol. The highest BCUT2D eigenvalue weighted by molar-refractivity contribution is 6.05. The fourth-order valence-corrected chi connectivity index (χ4v) is 4.78. The van der Waals surface area contributed by atoms with Gasteiger partial charge in [0.15, 0.2) is 5.95 Å². The minimum atomic E-state index is 0.395. The highest BCUT2D eigenvalue weighted by atomic mass is 15.2. The average molecular weight is 418 g/mol. The average Bonchev–Trinajstić information content (AvgIpc) is 3.47. The van der Waals surface area contributed by atoms with Gasteiger partial charge < -0.3 is 15.3 Å². The molecule has 3 heterocycles. The Morgan fingerprint density at radius 1 is 1.19 bits per heavy atom. The summed E-state index contributed by atoms with van der Waals surface area (Å²) in [6.45, 7) is 3.72. The first kappa shape index (κ1) is 20.0. The molecule has 1 atom stereocenters. The number of aliphatic imine (C=N–C) groups is 1. The first-order valence-electron chi connectivity index (χ1n) is 11.5. The van der Waals surface area contributed by atoms with Gasteiger partial charge in [0.25, 0.3) is 0 Å². The fraction of sp³-hybridized carbons (Fsp3) is 0.458. The molecule has 31 heavy (non-hydrogen) atoms. The van der Waals surface area contributed by atoms with Gasteiger partial charge in [-0.15, -0.1) is 0 Å². The predicted octanol–water partition coefficient (Wildman–Crippen LogP) is 4.30. The summed E-state index contributed by atoms with van der Waals surface area (Å²) in [7, 11) is 0. The van der Waals surface area contributed by atoms with Crippen LogP contribution in [0.4, 0.5) is 5.95 Å². The van der Waals surface area contributed by atoms with E-state index >= 15 is 0 Å². The zero-order chi connectivity index (χ0) is 20.9. The van der Waals surface area contributed by atoms with Crippen LogP contribution in [0.3, 0.4) is 0 Å². The number of dihydropyridines is 1. The van der Waals surface area contributed by atoms with E-state index in [0.29, 0.717) is 6.04 Å². The standard InChI is InChI=1S/C24H31N7/c1-2-10-20-19(9-1)29-22(30-20)17-31(16-4-3-12-26-24-27-14-15-28-24)21-11-5-7-18-8-6-13-25-23(18)21/h1-2,8-10,14-15,21H,3-7,11-13,16-17H2,(H,29,30)(H2,26,27,28). The maximum atomic E-state index is 4.97. The van der Waals surface area contributed by atoms with Gasteiger partial charge in [0.05, 0.1) is 29.3 Å². The third-order valence-electron chi connectivity index (χ3n) is 6.27. The molecule has 0 bridgehead atoms. The van der Waals surface area contributed by atoms with Crippen LogP contribution in [-0.2, 0) is 6.54 Å². The van der Waals surface area contributed by atoms with Crippen molar-refractivity contribution in [3.8, 4) is 0 Å². The molecule has 1 unspecified atom stereocenters. The van der Waals surface area contributed by atoms with Gasteiger partial charge in [-0.25, -0.2) is 9.97 Å². The Bertz CT molecular complexity index is 1010. The smallest absolute Gasteiger partial charge is 0.200 e. The third kappa shape index (κ3) is 4.71. The quantitative estimate of drug-likeness (QED) is 0.453. The second-order valence-corrected chi connectivity index (χ2v) is 8.44. The van der Waals surface area contributed by atoms with Crippen molar-refractivity contribution in [2.24, 2.45) is 4.99 Å². The van der Waals surface area contributed by atoms with E-state index in [9.17, 15) is 0 Å². The van der Waals surface area contributed by atoms with Crippen molar-refractivity contribution in [2.75, 3.05) is 25.0 Å². The van der Waals surface area contributed by atoms with Crippen LogP contribution in [0.1, 0.15) is 44.3 Å². The molecule has 3 N–H and O–H groups in total. The summed E-state index contributed by atoms with van der Waals surface area (Å²) in [5.74, 6) is 1.89. The van der Waals surface area contributed by atoms with E-state index in [1.807, 2.05) is 12.3 Å². The van der Waals surface area contributed by atoms with Gasteiger partial charge in [0, 0.05) is 25.5 Å². The Morgan fingerprint density at radius 3 is 3.06 bits per heavy atom. The van der Waals surface area contributed by atoms with Crippen molar-refractivity contribution in [2.45, 2.75) is 51.1 Å². The summed E-state index contributed by atoms with van der Waals surface area (Å²) in [4.78, 5) is 23.3. The SMILES string of the molecule is C1=C2CCCC(N(CCCCNc3ncc[nH]3)Cc3nc4ccccc4[nH]3)C2=NCC1. The van der Waals surface area contributed by atoms with Gasteiger partial charge in [-0.2, -0.15) is 0 Å². The normalized spacial score (nSPS) is 18.7. The van der Waals surface area contributed by atoms with Gasteiger partial charge in [0.1, 0.15) is 5.82 Å². The lowest BCUT2D eigenvalue weighted by Crippen LogP contribution is -2.45. The number of rotatable bonds is 9. The van der Waals surface area contributed by atoms with Crippen LogP contribution in [0, 0.1) is 0 Å². The third-order valence-corrected chi connectivity index (χ3v) is 6.27. The molecule has 0 radical (unpaired) electrons. The van der Waals surface area contributed by atoms with Crippen LogP contribution >= 0.6 is 0 Å². The van der Waals surface area contributed by atoms with Crippen LogP contribution in [0.25, 0.3) is 11.0 Å². The minimum absolute atomic E-state index is 0.395. The summed E-state index contributed by atoms with van der Waals surface area (Å²) >= 11 is 0. The molecular formula is C24H31N7. The molecule has 0 saturated heterocycles. The molecule has 2 aliphatic rings. The van der Waals surface area contributed by atoms with Crippen LogP contribution in [0.2, 0.25) is 0 Å². The Hall–Kier alpha value is -2.93. The lowest BCUT2D eigenvalue weighted by Gasteiger charge is -2.37. The maximum absolute atomic E-state index is 4.97. The number of anilines is 1. The Morgan fingerprint density at radius 2 is 2.16 bits per heavy atom. The van der Waals surface area contributed by atoms with E-state index in [-0.39, 0.29) is 0 Å².